The van der Waals surface area contributed by atoms with Gasteiger partial charge >= 0.3 is 0 Å². The monoisotopic (exact) mass is 271 g/mol. The van der Waals surface area contributed by atoms with Crippen LogP contribution in [-0.4, -0.2) is 20.3 Å². The van der Waals surface area contributed by atoms with Crippen LogP contribution in [0.25, 0.3) is 0 Å². The first kappa shape index (κ1) is 12.5. The third-order valence-electron chi connectivity index (χ3n) is 2.29. The minimum absolute atomic E-state index is 0.522. The van der Waals surface area contributed by atoms with Crippen LogP contribution in [0.1, 0.15) is 12.5 Å². The molecule has 0 aliphatic carbocycles. The number of nitrogens with one attached hydrogen (secondary N) is 1. The minimum Gasteiger partial charge on any atom is -0.384 e. The van der Waals surface area contributed by atoms with Crippen LogP contribution in [0, 0.1) is 12.8 Å². The topological polar surface area (TPSA) is 21.3 Å². The molecule has 1 unspecified atom stereocenters. The quantitative estimate of drug-likeness (QED) is 0.886. The van der Waals surface area contributed by atoms with Crippen LogP contribution in [0.2, 0.25) is 0 Å². The maximum absolute atomic E-state index is 5.10. The van der Waals surface area contributed by atoms with Gasteiger partial charge in [-0.05, 0) is 30.5 Å². The molecule has 0 aliphatic heterocycles. The van der Waals surface area contributed by atoms with Gasteiger partial charge < -0.3 is 10.1 Å². The molecule has 84 valence electrons. The number of anilines is 1. The number of rotatable bonds is 5. The molecule has 0 saturated heterocycles. The van der Waals surface area contributed by atoms with Crippen molar-refractivity contribution in [2.24, 2.45) is 5.92 Å². The highest BCUT2D eigenvalue weighted by Crippen LogP contribution is 2.20. The van der Waals surface area contributed by atoms with Gasteiger partial charge in [0.25, 0.3) is 0 Å². The number of ether oxygens (including phenoxy) is 1. The molecule has 0 spiro atoms. The highest BCUT2D eigenvalue weighted by atomic mass is 79.9. The van der Waals surface area contributed by atoms with E-state index in [1.807, 2.05) is 0 Å². The van der Waals surface area contributed by atoms with E-state index in [2.05, 4.69) is 53.3 Å². The maximum atomic E-state index is 5.10. The zero-order chi connectivity index (χ0) is 11.3. The number of hydrogen-bond donors (Lipinski definition) is 1. The largest absolute Gasteiger partial charge is 0.384 e. The van der Waals surface area contributed by atoms with Crippen LogP contribution in [-0.2, 0) is 4.74 Å². The van der Waals surface area contributed by atoms with E-state index in [0.717, 1.165) is 17.6 Å². The van der Waals surface area contributed by atoms with Crippen molar-refractivity contribution in [1.29, 1.82) is 0 Å². The Balaban J connectivity index is 2.53. The molecule has 1 aromatic carbocycles. The maximum Gasteiger partial charge on any atom is 0.0504 e. The number of halogens is 1. The van der Waals surface area contributed by atoms with Crippen molar-refractivity contribution < 1.29 is 4.74 Å². The fraction of sp³-hybridized carbons (Fsp3) is 0.500. The SMILES string of the molecule is COCC(C)CNc1cc(Br)ccc1C. The van der Waals surface area contributed by atoms with Crippen molar-refractivity contribution in [3.63, 3.8) is 0 Å². The molecule has 0 saturated carbocycles. The molecule has 1 aromatic rings. The van der Waals surface area contributed by atoms with Gasteiger partial charge in [-0.3, -0.25) is 0 Å². The Labute approximate surface area is 100 Å². The average Bonchev–Trinajstić information content (AvgIpc) is 2.20. The van der Waals surface area contributed by atoms with Crippen LogP contribution in [0.4, 0.5) is 5.69 Å². The summed E-state index contributed by atoms with van der Waals surface area (Å²) in [7, 11) is 1.74. The molecule has 0 amide bonds. The summed E-state index contributed by atoms with van der Waals surface area (Å²) in [6.07, 6.45) is 0. The van der Waals surface area contributed by atoms with Gasteiger partial charge in [-0.25, -0.2) is 0 Å². The lowest BCUT2D eigenvalue weighted by Crippen LogP contribution is -2.16. The molecule has 0 heterocycles. The molecule has 0 aliphatic rings. The van der Waals surface area contributed by atoms with E-state index in [1.54, 1.807) is 7.11 Å². The number of methoxy groups -OCH3 is 1. The Bertz CT molecular complexity index is 314. The average molecular weight is 272 g/mol. The number of hydrogen-bond acceptors (Lipinski definition) is 2. The van der Waals surface area contributed by atoms with E-state index in [4.69, 9.17) is 4.74 Å². The van der Waals surface area contributed by atoms with Gasteiger partial charge in [0.15, 0.2) is 0 Å². The normalized spacial score (nSPS) is 12.5. The first-order valence-corrected chi connectivity index (χ1v) is 5.91. The molecule has 0 aromatic heterocycles. The summed E-state index contributed by atoms with van der Waals surface area (Å²) in [5, 5.41) is 3.43. The first-order valence-electron chi connectivity index (χ1n) is 5.12. The number of benzene rings is 1. The molecular weight excluding hydrogens is 254 g/mol. The Morgan fingerprint density at radius 2 is 2.20 bits per heavy atom. The Kier molecular flexibility index (Phi) is 5.12. The van der Waals surface area contributed by atoms with Gasteiger partial charge in [0.05, 0.1) is 6.61 Å². The second-order valence-electron chi connectivity index (χ2n) is 3.90. The lowest BCUT2D eigenvalue weighted by atomic mass is 10.1. The van der Waals surface area contributed by atoms with Crippen molar-refractivity contribution in [2.75, 3.05) is 25.6 Å². The van der Waals surface area contributed by atoms with Gasteiger partial charge in [-0.15, -0.1) is 0 Å². The summed E-state index contributed by atoms with van der Waals surface area (Å²) in [4.78, 5) is 0. The second kappa shape index (κ2) is 6.13. The van der Waals surface area contributed by atoms with E-state index in [-0.39, 0.29) is 0 Å². The van der Waals surface area contributed by atoms with Crippen molar-refractivity contribution in [3.8, 4) is 0 Å². The van der Waals surface area contributed by atoms with Crippen LogP contribution >= 0.6 is 15.9 Å². The van der Waals surface area contributed by atoms with E-state index in [1.165, 1.54) is 11.3 Å². The molecule has 15 heavy (non-hydrogen) atoms. The van der Waals surface area contributed by atoms with Crippen molar-refractivity contribution in [3.05, 3.63) is 28.2 Å². The van der Waals surface area contributed by atoms with E-state index >= 15 is 0 Å². The number of aryl methyl sites for hydroxylation is 1. The molecule has 1 atom stereocenters. The molecular formula is C12H18BrNO. The van der Waals surface area contributed by atoms with Crippen LogP contribution in [0.5, 0.6) is 0 Å². The molecule has 0 bridgehead atoms. The lowest BCUT2D eigenvalue weighted by molar-refractivity contribution is 0.164. The molecule has 1 rings (SSSR count). The van der Waals surface area contributed by atoms with Gasteiger partial charge in [0, 0.05) is 23.8 Å². The van der Waals surface area contributed by atoms with Crippen molar-refractivity contribution in [1.82, 2.24) is 0 Å². The van der Waals surface area contributed by atoms with E-state index < -0.39 is 0 Å². The van der Waals surface area contributed by atoms with E-state index in [0.29, 0.717) is 5.92 Å². The first-order chi connectivity index (χ1) is 7.13. The second-order valence-corrected chi connectivity index (χ2v) is 4.82. The van der Waals surface area contributed by atoms with Crippen LogP contribution < -0.4 is 5.32 Å². The molecule has 3 heteroatoms. The summed E-state index contributed by atoms with van der Waals surface area (Å²) >= 11 is 3.47. The summed E-state index contributed by atoms with van der Waals surface area (Å²) in [5.41, 5.74) is 2.45. The van der Waals surface area contributed by atoms with Crippen molar-refractivity contribution in [2.45, 2.75) is 13.8 Å². The fourth-order valence-electron chi connectivity index (χ4n) is 1.41. The van der Waals surface area contributed by atoms with E-state index in [9.17, 15) is 0 Å². The fourth-order valence-corrected chi connectivity index (χ4v) is 1.77. The zero-order valence-electron chi connectivity index (χ0n) is 9.51. The van der Waals surface area contributed by atoms with Crippen molar-refractivity contribution >= 4 is 21.6 Å². The summed E-state index contributed by atoms with van der Waals surface area (Å²) in [6.45, 7) is 6.00. The molecule has 0 fully saturated rings. The van der Waals surface area contributed by atoms with Crippen LogP contribution in [0.3, 0.4) is 0 Å². The predicted molar refractivity (Wildman–Crippen MR) is 68.4 cm³/mol. The van der Waals surface area contributed by atoms with Gasteiger partial charge in [0.2, 0.25) is 0 Å². The highest BCUT2D eigenvalue weighted by Gasteiger charge is 2.03. The van der Waals surface area contributed by atoms with Gasteiger partial charge in [-0.2, -0.15) is 0 Å². The van der Waals surface area contributed by atoms with Crippen LogP contribution in [0.15, 0.2) is 22.7 Å². The zero-order valence-corrected chi connectivity index (χ0v) is 11.1. The lowest BCUT2D eigenvalue weighted by Gasteiger charge is -2.14. The Morgan fingerprint density at radius 3 is 2.87 bits per heavy atom. The van der Waals surface area contributed by atoms with Gasteiger partial charge in [-0.1, -0.05) is 28.9 Å². The third kappa shape index (κ3) is 4.22. The van der Waals surface area contributed by atoms with Gasteiger partial charge in [0.1, 0.15) is 0 Å². The standard InChI is InChI=1S/C12H18BrNO/c1-9(8-15-3)7-14-12-6-11(13)5-4-10(12)2/h4-6,9,14H,7-8H2,1-3H3. The predicted octanol–water partition coefficient (Wildman–Crippen LogP) is 3.45. The Morgan fingerprint density at radius 1 is 1.47 bits per heavy atom. The Hall–Kier alpha value is -0.540. The highest BCUT2D eigenvalue weighted by molar-refractivity contribution is 9.10. The summed E-state index contributed by atoms with van der Waals surface area (Å²) in [5.74, 6) is 0.522. The summed E-state index contributed by atoms with van der Waals surface area (Å²) < 4.78 is 6.20. The molecule has 1 N–H and O–H groups in total. The molecule has 0 radical (unpaired) electrons. The molecule has 2 nitrogen and oxygen atoms in total. The third-order valence-corrected chi connectivity index (χ3v) is 2.79. The summed E-state index contributed by atoms with van der Waals surface area (Å²) in [6, 6.07) is 6.27. The minimum atomic E-state index is 0.522. The smallest absolute Gasteiger partial charge is 0.0504 e.